The molecule has 2 N–H and O–H groups in total. The van der Waals surface area contributed by atoms with E-state index < -0.39 is 15.4 Å². The Bertz CT molecular complexity index is 829. The number of benzene rings is 1. The van der Waals surface area contributed by atoms with E-state index in [4.69, 9.17) is 0 Å². The zero-order chi connectivity index (χ0) is 20.0. The number of nitrogens with one attached hydrogen (secondary N) is 2. The fourth-order valence-corrected chi connectivity index (χ4v) is 8.09. The Hall–Kier alpha value is -1.24. The first-order valence-electron chi connectivity index (χ1n) is 10.6. The number of hydrogen-bond donors (Lipinski definition) is 2. The minimum Gasteiger partial charge on any atom is -0.331 e. The number of piperidine rings is 1. The number of fused-ring (bicyclic) bond motifs is 2. The van der Waals surface area contributed by atoms with E-state index in [1.165, 1.54) is 10.5 Å². The van der Waals surface area contributed by atoms with Crippen LogP contribution in [0, 0.1) is 16.7 Å². The molecular weight excluding hydrogens is 372 g/mol. The monoisotopic (exact) mass is 405 g/mol. The lowest BCUT2D eigenvalue weighted by molar-refractivity contribution is -0.918. The van der Waals surface area contributed by atoms with Crippen LogP contribution in [0.2, 0.25) is 0 Å². The van der Waals surface area contributed by atoms with Gasteiger partial charge in [0.05, 0.1) is 18.8 Å². The predicted molar refractivity (Wildman–Crippen MR) is 109 cm³/mol. The van der Waals surface area contributed by atoms with E-state index in [0.717, 1.165) is 45.3 Å². The smallest absolute Gasteiger partial charge is 0.212 e. The molecule has 1 heterocycles. The van der Waals surface area contributed by atoms with Crippen LogP contribution in [0.15, 0.2) is 30.3 Å². The fourth-order valence-electron chi connectivity index (χ4n) is 5.93. The molecule has 5 nitrogen and oxygen atoms in total. The van der Waals surface area contributed by atoms with E-state index in [1.807, 2.05) is 6.07 Å². The van der Waals surface area contributed by atoms with Gasteiger partial charge >= 0.3 is 0 Å². The van der Waals surface area contributed by atoms with Crippen molar-refractivity contribution in [2.45, 2.75) is 58.5 Å². The number of sulfonamides is 1. The van der Waals surface area contributed by atoms with Gasteiger partial charge in [-0.05, 0) is 24.2 Å². The highest BCUT2D eigenvalue weighted by atomic mass is 32.2. The summed E-state index contributed by atoms with van der Waals surface area (Å²) in [5.74, 6) is 0.487. The van der Waals surface area contributed by atoms with Crippen molar-refractivity contribution in [3.8, 4) is 0 Å². The topological polar surface area (TPSA) is 67.7 Å². The van der Waals surface area contributed by atoms with Gasteiger partial charge in [0, 0.05) is 36.3 Å². The van der Waals surface area contributed by atoms with Crippen LogP contribution in [-0.2, 0) is 21.4 Å². The summed E-state index contributed by atoms with van der Waals surface area (Å²) >= 11 is 0. The van der Waals surface area contributed by atoms with E-state index in [0.29, 0.717) is 12.3 Å². The Morgan fingerprint density at radius 3 is 2.36 bits per heavy atom. The van der Waals surface area contributed by atoms with Crippen molar-refractivity contribution in [1.29, 1.82) is 0 Å². The lowest BCUT2D eigenvalue weighted by Gasteiger charge is -2.37. The number of likely N-dealkylation sites (tertiary alicyclic amines) is 1. The molecule has 1 aromatic carbocycles. The molecule has 0 spiro atoms. The lowest BCUT2D eigenvalue weighted by atomic mass is 9.70. The summed E-state index contributed by atoms with van der Waals surface area (Å²) in [5.41, 5.74) is 0.443. The van der Waals surface area contributed by atoms with Crippen LogP contribution >= 0.6 is 0 Å². The number of carbonyl (C=O) groups excluding carboxylic acids is 1. The van der Waals surface area contributed by atoms with Crippen LogP contribution < -0.4 is 9.62 Å². The molecule has 2 bridgehead atoms. The lowest BCUT2D eigenvalue weighted by Crippen LogP contribution is -3.12. The second kappa shape index (κ2) is 7.22. The maximum Gasteiger partial charge on any atom is 0.212 e. The highest BCUT2D eigenvalue weighted by molar-refractivity contribution is 7.89. The summed E-state index contributed by atoms with van der Waals surface area (Å²) in [6, 6.07) is 10.5. The zero-order valence-electron chi connectivity index (χ0n) is 17.0. The van der Waals surface area contributed by atoms with Crippen molar-refractivity contribution in [1.82, 2.24) is 4.72 Å². The number of quaternary nitrogens is 1. The number of Topliss-reactive ketones (excluding diaryl/α,β-unsaturated/α-hetero) is 1. The highest BCUT2D eigenvalue weighted by Crippen LogP contribution is 2.64. The molecular formula is C22H33N2O3S+. The van der Waals surface area contributed by atoms with E-state index >= 15 is 0 Å². The summed E-state index contributed by atoms with van der Waals surface area (Å²) in [7, 11) is -3.47. The molecule has 2 aliphatic carbocycles. The molecule has 6 heteroatoms. The number of ketones is 1. The molecule has 3 fully saturated rings. The quantitative estimate of drug-likeness (QED) is 0.755. The first-order valence-corrected chi connectivity index (χ1v) is 12.3. The Morgan fingerprint density at radius 1 is 1.11 bits per heavy atom. The van der Waals surface area contributed by atoms with Crippen molar-refractivity contribution >= 4 is 15.8 Å². The Kier molecular flexibility index (Phi) is 5.17. The first kappa shape index (κ1) is 20.0. The average Bonchev–Trinajstić information content (AvgIpc) is 2.98. The van der Waals surface area contributed by atoms with E-state index in [-0.39, 0.29) is 23.0 Å². The van der Waals surface area contributed by atoms with Crippen LogP contribution in [0.5, 0.6) is 0 Å². The van der Waals surface area contributed by atoms with Crippen molar-refractivity contribution in [2.75, 3.05) is 18.8 Å². The summed E-state index contributed by atoms with van der Waals surface area (Å²) in [6.45, 7) is 7.12. The normalized spacial score (nSPS) is 34.6. The van der Waals surface area contributed by atoms with Gasteiger partial charge in [0.2, 0.25) is 10.0 Å². The Balaban J connectivity index is 1.34. The summed E-state index contributed by atoms with van der Waals surface area (Å²) in [4.78, 5) is 14.2. The molecule has 0 aromatic heterocycles. The molecule has 4 rings (SSSR count). The van der Waals surface area contributed by atoms with E-state index in [2.05, 4.69) is 42.8 Å². The third-order valence-corrected chi connectivity index (χ3v) is 9.48. The first-order chi connectivity index (χ1) is 13.2. The SMILES string of the molecule is CC1(C)[C@H]2CC[C@@]1(CS(=O)(=O)NC1CC[NH+](Cc3ccccc3)CC1)C(=O)C2. The predicted octanol–water partition coefficient (Wildman–Crippen LogP) is 1.55. The van der Waals surface area contributed by atoms with Gasteiger partial charge in [-0.2, -0.15) is 0 Å². The van der Waals surface area contributed by atoms with Crippen molar-refractivity contribution in [3.63, 3.8) is 0 Å². The van der Waals surface area contributed by atoms with Gasteiger partial charge in [0.15, 0.2) is 0 Å². The van der Waals surface area contributed by atoms with Gasteiger partial charge in [-0.1, -0.05) is 44.2 Å². The van der Waals surface area contributed by atoms with Gasteiger partial charge < -0.3 is 4.90 Å². The van der Waals surface area contributed by atoms with Crippen molar-refractivity contribution in [3.05, 3.63) is 35.9 Å². The fraction of sp³-hybridized carbons (Fsp3) is 0.682. The summed E-state index contributed by atoms with van der Waals surface area (Å²) in [5, 5.41) is 0. The zero-order valence-corrected chi connectivity index (χ0v) is 17.9. The number of carbonyl (C=O) groups is 1. The standard InChI is InChI=1S/C22H32N2O3S/c1-21(2)18-8-11-22(21,20(25)14-18)16-28(26,27)23-19-9-12-24(13-10-19)15-17-6-4-3-5-7-17/h3-7,18-19,23H,8-16H2,1-2H3/p+1/t18-,22+/m0/s1. The average molecular weight is 406 g/mol. The second-order valence-corrected chi connectivity index (χ2v) is 11.5. The Labute approximate surface area is 168 Å². The maximum absolute atomic E-state index is 13.0. The van der Waals surface area contributed by atoms with Gasteiger partial charge in [-0.3, -0.25) is 4.79 Å². The van der Waals surface area contributed by atoms with Crippen LogP contribution in [0.1, 0.15) is 51.5 Å². The third-order valence-electron chi connectivity index (χ3n) is 7.91. The molecule has 2 saturated carbocycles. The maximum atomic E-state index is 13.0. The second-order valence-electron chi connectivity index (χ2n) is 9.73. The molecule has 28 heavy (non-hydrogen) atoms. The molecule has 2 atom stereocenters. The van der Waals surface area contributed by atoms with Crippen molar-refractivity contribution < 1.29 is 18.1 Å². The molecule has 154 valence electrons. The molecule has 1 aliphatic heterocycles. The minimum atomic E-state index is -3.47. The van der Waals surface area contributed by atoms with E-state index in [1.54, 1.807) is 0 Å². The van der Waals surface area contributed by atoms with Crippen LogP contribution in [0.25, 0.3) is 0 Å². The van der Waals surface area contributed by atoms with Crippen LogP contribution in [0.4, 0.5) is 0 Å². The Morgan fingerprint density at radius 2 is 1.79 bits per heavy atom. The minimum absolute atomic E-state index is 0.00209. The molecule has 0 radical (unpaired) electrons. The molecule has 0 amide bonds. The molecule has 1 aromatic rings. The summed E-state index contributed by atoms with van der Waals surface area (Å²) in [6.07, 6.45) is 3.98. The third kappa shape index (κ3) is 3.55. The van der Waals surface area contributed by atoms with Gasteiger partial charge in [0.1, 0.15) is 12.3 Å². The number of rotatable bonds is 6. The summed E-state index contributed by atoms with van der Waals surface area (Å²) < 4.78 is 28.9. The van der Waals surface area contributed by atoms with Crippen molar-refractivity contribution in [2.24, 2.45) is 16.7 Å². The van der Waals surface area contributed by atoms with Gasteiger partial charge in [-0.25, -0.2) is 13.1 Å². The molecule has 1 saturated heterocycles. The van der Waals surface area contributed by atoms with E-state index in [9.17, 15) is 13.2 Å². The van der Waals surface area contributed by atoms with Gasteiger partial charge in [-0.15, -0.1) is 0 Å². The largest absolute Gasteiger partial charge is 0.331 e. The van der Waals surface area contributed by atoms with Gasteiger partial charge in [0.25, 0.3) is 0 Å². The molecule has 3 aliphatic rings. The van der Waals surface area contributed by atoms with Crippen LogP contribution in [-0.4, -0.2) is 39.1 Å². The highest BCUT2D eigenvalue weighted by Gasteiger charge is 2.65. The molecule has 0 unspecified atom stereocenters. The number of hydrogen-bond acceptors (Lipinski definition) is 3. The van der Waals surface area contributed by atoms with Crippen LogP contribution in [0.3, 0.4) is 0 Å².